The molecule has 2 saturated heterocycles. The summed E-state index contributed by atoms with van der Waals surface area (Å²) in [5.41, 5.74) is 5.49. The highest BCUT2D eigenvalue weighted by Crippen LogP contribution is 2.38. The van der Waals surface area contributed by atoms with Crippen LogP contribution >= 0.6 is 0 Å². The fourth-order valence-corrected chi connectivity index (χ4v) is 9.84. The van der Waals surface area contributed by atoms with Crippen LogP contribution in [0.2, 0.25) is 0 Å². The van der Waals surface area contributed by atoms with Crippen LogP contribution in [0.1, 0.15) is 96.2 Å². The Morgan fingerprint density at radius 3 is 2.31 bits per heavy atom. The van der Waals surface area contributed by atoms with Gasteiger partial charge in [-0.05, 0) is 139 Å². The fourth-order valence-electron chi connectivity index (χ4n) is 8.42. The summed E-state index contributed by atoms with van der Waals surface area (Å²) < 4.78 is 42.8. The van der Waals surface area contributed by atoms with Gasteiger partial charge in [0.25, 0.3) is 11.8 Å². The normalized spacial score (nSPS) is 18.6. The molecule has 3 aromatic carbocycles. The average Bonchev–Trinajstić information content (AvgIpc) is 3.75. The number of fused-ring (bicyclic) bond motifs is 2. The maximum atomic E-state index is 15.6. The van der Waals surface area contributed by atoms with Gasteiger partial charge in [-0.25, -0.2) is 17.8 Å². The number of nitrogens with one attached hydrogen (secondary N) is 4. The van der Waals surface area contributed by atoms with Crippen LogP contribution in [0.4, 0.5) is 38.9 Å². The molecule has 4 N–H and O–H groups in total. The number of likely N-dealkylation sites (tertiary alicyclic amines) is 1. The molecule has 4 aromatic rings. The number of aryl methyl sites for hydroxylation is 1. The summed E-state index contributed by atoms with van der Waals surface area (Å²) in [5.74, 6) is -1.49. The number of halogens is 1. The minimum absolute atomic E-state index is 0.0682. The molecular weight excluding hydrogens is 802 g/mol. The third kappa shape index (κ3) is 8.40. The Morgan fingerprint density at radius 1 is 0.852 bits per heavy atom. The number of anilines is 6. The molecule has 0 bridgehead atoms. The highest BCUT2D eigenvalue weighted by molar-refractivity contribution is 7.94. The van der Waals surface area contributed by atoms with Crippen molar-refractivity contribution in [1.29, 1.82) is 0 Å². The molecule has 0 aliphatic carbocycles. The molecule has 15 nitrogen and oxygen atoms in total. The first kappa shape index (κ1) is 41.8. The minimum atomic E-state index is -3.56. The molecule has 4 aliphatic heterocycles. The highest BCUT2D eigenvalue weighted by Gasteiger charge is 2.45. The van der Waals surface area contributed by atoms with E-state index in [1.54, 1.807) is 45.2 Å². The highest BCUT2D eigenvalue weighted by atomic mass is 32.2. The Balaban J connectivity index is 0.812. The molecule has 1 aromatic heterocycles. The van der Waals surface area contributed by atoms with Crippen LogP contribution in [0.15, 0.2) is 60.8 Å². The van der Waals surface area contributed by atoms with E-state index in [4.69, 9.17) is 0 Å². The average molecular weight is 852 g/mol. The van der Waals surface area contributed by atoms with Gasteiger partial charge in [0, 0.05) is 48.3 Å². The van der Waals surface area contributed by atoms with Gasteiger partial charge in [0.2, 0.25) is 27.8 Å². The largest absolute Gasteiger partial charge is 0.385 e. The zero-order valence-electron chi connectivity index (χ0n) is 34.7. The number of aromatic nitrogens is 2. The molecule has 0 radical (unpaired) electrons. The molecule has 2 fully saturated rings. The molecule has 8 rings (SSSR count). The zero-order valence-corrected chi connectivity index (χ0v) is 35.5. The molecule has 1 unspecified atom stereocenters. The lowest BCUT2D eigenvalue weighted by Crippen LogP contribution is -2.54. The molecule has 4 aliphatic rings. The van der Waals surface area contributed by atoms with Crippen molar-refractivity contribution in [3.63, 3.8) is 0 Å². The van der Waals surface area contributed by atoms with Crippen molar-refractivity contribution < 1.29 is 32.0 Å². The van der Waals surface area contributed by atoms with Crippen molar-refractivity contribution in [3.8, 4) is 0 Å². The summed E-state index contributed by atoms with van der Waals surface area (Å²) in [6, 6.07) is 14.8. The molecule has 4 amide bonds. The SMILES string of the molecule is Cc1cnc(Nc2ccc(C3CCN(CCCNc4ccc5c(c4)C(=O)N(C4CCC(=O)NC4=O)C5=O)CC3)c(F)c2)nc1Nc1ccc2c(c1)N(S(=O)(=O)C(C)(C)C)CC2. The summed E-state index contributed by atoms with van der Waals surface area (Å²) in [5, 5.41) is 12.0. The molecule has 320 valence electrons. The van der Waals surface area contributed by atoms with Gasteiger partial charge < -0.3 is 20.9 Å². The lowest BCUT2D eigenvalue weighted by atomic mass is 9.89. The first-order valence-electron chi connectivity index (χ1n) is 20.7. The van der Waals surface area contributed by atoms with Gasteiger partial charge in [0.05, 0.1) is 21.6 Å². The molecule has 61 heavy (non-hydrogen) atoms. The van der Waals surface area contributed by atoms with Gasteiger partial charge in [0.15, 0.2) is 0 Å². The van der Waals surface area contributed by atoms with E-state index in [2.05, 4.69) is 36.1 Å². The van der Waals surface area contributed by atoms with Crippen LogP contribution in [-0.2, 0) is 26.0 Å². The van der Waals surface area contributed by atoms with Gasteiger partial charge in [-0.1, -0.05) is 12.1 Å². The van der Waals surface area contributed by atoms with Crippen LogP contribution < -0.4 is 25.6 Å². The molecule has 0 saturated carbocycles. The third-order valence-corrected chi connectivity index (χ3v) is 14.4. The Bertz CT molecular complexity index is 2540. The van der Waals surface area contributed by atoms with E-state index in [-0.39, 0.29) is 41.7 Å². The number of hydrogen-bond acceptors (Lipinski definition) is 12. The van der Waals surface area contributed by atoms with E-state index in [9.17, 15) is 27.6 Å². The topological polar surface area (TPSA) is 186 Å². The van der Waals surface area contributed by atoms with Gasteiger partial charge in [-0.3, -0.25) is 33.7 Å². The summed E-state index contributed by atoms with van der Waals surface area (Å²) in [6.45, 7) is 10.5. The Labute approximate surface area is 354 Å². The standard InChI is InChI=1S/C44H50FN9O6S/c1-26-25-47-43(51-39(26)48-31-7-6-28-16-21-53(37(28)24-31)61(59,60)44(2,3)4)49-30-9-10-32(35(45)23-30)27-14-19-52(20-15-27)18-5-17-46-29-8-11-33-34(22-29)42(58)54(41(33)57)36-12-13-38(55)50-40(36)56/h6-11,22-25,27,36,46H,5,12-21H2,1-4H3,(H,50,55,56)(H2,47,48,49,51). The van der Waals surface area contributed by atoms with E-state index in [1.807, 2.05) is 37.3 Å². The minimum Gasteiger partial charge on any atom is -0.385 e. The molecule has 1 atom stereocenters. The van der Waals surface area contributed by atoms with Crippen LogP contribution in [0.5, 0.6) is 0 Å². The van der Waals surface area contributed by atoms with E-state index in [0.29, 0.717) is 53.6 Å². The summed E-state index contributed by atoms with van der Waals surface area (Å²) >= 11 is 0. The predicted molar refractivity (Wildman–Crippen MR) is 231 cm³/mol. The first-order chi connectivity index (χ1) is 29.1. The second-order valence-corrected chi connectivity index (χ2v) is 19.7. The number of benzene rings is 3. The van der Waals surface area contributed by atoms with E-state index in [1.165, 1.54) is 10.4 Å². The van der Waals surface area contributed by atoms with Gasteiger partial charge in [-0.15, -0.1) is 0 Å². The number of amides is 4. The maximum absolute atomic E-state index is 15.6. The number of rotatable bonds is 12. The fraction of sp³-hybridized carbons (Fsp3) is 0.409. The lowest BCUT2D eigenvalue weighted by Gasteiger charge is -2.32. The van der Waals surface area contributed by atoms with E-state index in [0.717, 1.165) is 54.9 Å². The van der Waals surface area contributed by atoms with Crippen LogP contribution in [0.25, 0.3) is 0 Å². The van der Waals surface area contributed by atoms with E-state index >= 15 is 4.39 Å². The number of imide groups is 2. The number of nitrogens with zero attached hydrogens (tertiary/aromatic N) is 5. The Kier molecular flexibility index (Phi) is 11.3. The van der Waals surface area contributed by atoms with Gasteiger partial charge >= 0.3 is 0 Å². The predicted octanol–water partition coefficient (Wildman–Crippen LogP) is 5.98. The zero-order chi connectivity index (χ0) is 43.2. The number of carbonyl (C=O) groups excluding carboxylic acids is 4. The molecule has 0 spiro atoms. The molecule has 5 heterocycles. The summed E-state index contributed by atoms with van der Waals surface area (Å²) in [6.07, 6.45) is 4.97. The van der Waals surface area contributed by atoms with Crippen molar-refractivity contribution in [2.75, 3.05) is 53.0 Å². The lowest BCUT2D eigenvalue weighted by molar-refractivity contribution is -0.136. The van der Waals surface area contributed by atoms with Crippen LogP contribution in [0.3, 0.4) is 0 Å². The maximum Gasteiger partial charge on any atom is 0.262 e. The molecule has 17 heteroatoms. The van der Waals surface area contributed by atoms with Gasteiger partial charge in [-0.2, -0.15) is 4.98 Å². The number of carbonyl (C=O) groups is 4. The van der Waals surface area contributed by atoms with Crippen molar-refractivity contribution >= 4 is 68.2 Å². The number of hydrogen-bond donors (Lipinski definition) is 4. The second kappa shape index (κ2) is 16.5. The summed E-state index contributed by atoms with van der Waals surface area (Å²) in [7, 11) is -3.56. The molecular formula is C44H50FN9O6S. The monoisotopic (exact) mass is 851 g/mol. The van der Waals surface area contributed by atoms with Crippen molar-refractivity contribution in [2.24, 2.45) is 0 Å². The number of piperidine rings is 2. The third-order valence-electron chi connectivity index (χ3n) is 11.9. The summed E-state index contributed by atoms with van der Waals surface area (Å²) in [4.78, 5) is 62.5. The first-order valence-corrected chi connectivity index (χ1v) is 22.2. The second-order valence-electron chi connectivity index (χ2n) is 17.1. The van der Waals surface area contributed by atoms with Gasteiger partial charge in [0.1, 0.15) is 17.7 Å². The number of sulfonamides is 1. The smallest absolute Gasteiger partial charge is 0.262 e. The Morgan fingerprint density at radius 2 is 1.57 bits per heavy atom. The van der Waals surface area contributed by atoms with Crippen LogP contribution in [0, 0.1) is 12.7 Å². The van der Waals surface area contributed by atoms with Crippen LogP contribution in [-0.4, -0.2) is 95.3 Å². The van der Waals surface area contributed by atoms with Crippen molar-refractivity contribution in [2.45, 2.75) is 82.9 Å². The van der Waals surface area contributed by atoms with Crippen molar-refractivity contribution in [3.05, 3.63) is 94.4 Å². The Hall–Kier alpha value is -5.94. The van der Waals surface area contributed by atoms with Crippen molar-refractivity contribution in [1.82, 2.24) is 25.1 Å². The quantitative estimate of drug-likeness (QED) is 0.0967. The van der Waals surface area contributed by atoms with E-state index < -0.39 is 44.4 Å².